The highest BCUT2D eigenvalue weighted by Crippen LogP contribution is 2.20. The molecule has 0 bridgehead atoms. The predicted octanol–water partition coefficient (Wildman–Crippen LogP) is 3.93. The fourth-order valence-corrected chi connectivity index (χ4v) is 2.78. The largest absolute Gasteiger partial charge is 0.309 e. The summed E-state index contributed by atoms with van der Waals surface area (Å²) in [6.07, 6.45) is 1.25. The van der Waals surface area contributed by atoms with Crippen LogP contribution in [0.2, 0.25) is 0 Å². The van der Waals surface area contributed by atoms with Crippen molar-refractivity contribution in [3.05, 3.63) is 34.9 Å². The van der Waals surface area contributed by atoms with Crippen LogP contribution in [0.25, 0.3) is 0 Å². The van der Waals surface area contributed by atoms with E-state index in [1.807, 2.05) is 0 Å². The summed E-state index contributed by atoms with van der Waals surface area (Å²) in [5.41, 5.74) is 4.18. The summed E-state index contributed by atoms with van der Waals surface area (Å²) in [6, 6.07) is 7.22. The quantitative estimate of drug-likeness (QED) is 0.774. The molecule has 2 unspecified atom stereocenters. The number of hydrogen-bond acceptors (Lipinski definition) is 2. The molecule has 2 nitrogen and oxygen atoms in total. The van der Waals surface area contributed by atoms with Crippen molar-refractivity contribution in [3.8, 4) is 0 Å². The maximum Gasteiger partial charge on any atom is 0.0451 e. The van der Waals surface area contributed by atoms with Crippen molar-refractivity contribution in [3.63, 3.8) is 0 Å². The number of aryl methyl sites for hydroxylation is 2. The molecule has 0 aliphatic carbocycles. The van der Waals surface area contributed by atoms with E-state index in [9.17, 15) is 0 Å². The van der Waals surface area contributed by atoms with E-state index < -0.39 is 0 Å². The third-order valence-electron chi connectivity index (χ3n) is 4.07. The minimum absolute atomic E-state index is 0.426. The second-order valence-corrected chi connectivity index (χ2v) is 6.20. The molecular formula is C18H32N2. The summed E-state index contributed by atoms with van der Waals surface area (Å²) < 4.78 is 0. The van der Waals surface area contributed by atoms with Crippen LogP contribution in [-0.2, 0) is 0 Å². The molecule has 1 aromatic carbocycles. The molecule has 0 fully saturated rings. The first-order valence-corrected chi connectivity index (χ1v) is 7.96. The monoisotopic (exact) mass is 276 g/mol. The molecule has 0 spiro atoms. The van der Waals surface area contributed by atoms with E-state index in [1.165, 1.54) is 29.7 Å². The molecule has 2 heteroatoms. The number of likely N-dealkylation sites (N-methyl/N-ethyl adjacent to an activating group) is 2. The first kappa shape index (κ1) is 17.2. The van der Waals surface area contributed by atoms with Crippen molar-refractivity contribution in [2.45, 2.75) is 47.1 Å². The Labute approximate surface area is 125 Å². The highest BCUT2D eigenvalue weighted by atomic mass is 15.1. The molecule has 1 aromatic rings. The lowest BCUT2D eigenvalue weighted by Crippen LogP contribution is -2.35. The molecule has 0 aliphatic rings. The van der Waals surface area contributed by atoms with E-state index in [-0.39, 0.29) is 0 Å². The zero-order chi connectivity index (χ0) is 15.1. The van der Waals surface area contributed by atoms with Gasteiger partial charge in [-0.05, 0) is 44.5 Å². The third kappa shape index (κ3) is 5.26. The van der Waals surface area contributed by atoms with E-state index in [2.05, 4.69) is 70.1 Å². The van der Waals surface area contributed by atoms with Gasteiger partial charge in [-0.1, -0.05) is 51.0 Å². The average molecular weight is 276 g/mol. The van der Waals surface area contributed by atoms with Crippen LogP contribution < -0.4 is 5.32 Å². The number of nitrogens with one attached hydrogen (secondary N) is 1. The summed E-state index contributed by atoms with van der Waals surface area (Å²) >= 11 is 0. The van der Waals surface area contributed by atoms with Crippen LogP contribution in [0.15, 0.2) is 18.2 Å². The Morgan fingerprint density at radius 3 is 2.40 bits per heavy atom. The first-order valence-electron chi connectivity index (χ1n) is 7.96. The lowest BCUT2D eigenvalue weighted by molar-refractivity contribution is 0.253. The van der Waals surface area contributed by atoms with Gasteiger partial charge in [0.2, 0.25) is 0 Å². The van der Waals surface area contributed by atoms with Gasteiger partial charge in [0, 0.05) is 19.1 Å². The number of hydrogen-bond donors (Lipinski definition) is 1. The Bertz CT molecular complexity index is 400. The van der Waals surface area contributed by atoms with Gasteiger partial charge in [0.25, 0.3) is 0 Å². The molecule has 1 rings (SSSR count). The Hall–Kier alpha value is -0.860. The second-order valence-electron chi connectivity index (χ2n) is 6.20. The smallest absolute Gasteiger partial charge is 0.0451 e. The van der Waals surface area contributed by atoms with Crippen molar-refractivity contribution in [2.24, 2.45) is 5.92 Å². The van der Waals surface area contributed by atoms with Gasteiger partial charge in [0.15, 0.2) is 0 Å². The normalized spacial score (nSPS) is 14.6. The summed E-state index contributed by atoms with van der Waals surface area (Å²) in [5.74, 6) is 0.765. The van der Waals surface area contributed by atoms with Crippen LogP contribution >= 0.6 is 0 Å². The highest BCUT2D eigenvalue weighted by molar-refractivity contribution is 5.33. The van der Waals surface area contributed by atoms with Gasteiger partial charge in [-0.2, -0.15) is 0 Å². The fourth-order valence-electron chi connectivity index (χ4n) is 2.78. The molecule has 0 radical (unpaired) electrons. The van der Waals surface area contributed by atoms with Gasteiger partial charge < -0.3 is 10.2 Å². The zero-order valence-corrected chi connectivity index (χ0v) is 14.2. The maximum atomic E-state index is 3.64. The first-order chi connectivity index (χ1) is 9.47. The summed E-state index contributed by atoms with van der Waals surface area (Å²) in [6.45, 7) is 14.4. The van der Waals surface area contributed by atoms with E-state index in [4.69, 9.17) is 0 Å². The second kappa shape index (κ2) is 8.43. The SMILES string of the molecule is CCNC(CN(C)CC(C)CC)c1ccc(C)cc1C. The van der Waals surface area contributed by atoms with Crippen LogP contribution in [0.1, 0.15) is 49.9 Å². The minimum Gasteiger partial charge on any atom is -0.309 e. The molecule has 0 saturated heterocycles. The Kier molecular flexibility index (Phi) is 7.25. The summed E-state index contributed by atoms with van der Waals surface area (Å²) in [5, 5.41) is 3.64. The number of benzene rings is 1. The van der Waals surface area contributed by atoms with Crippen LogP contribution in [0.5, 0.6) is 0 Å². The number of rotatable bonds is 8. The molecule has 0 saturated carbocycles. The van der Waals surface area contributed by atoms with Gasteiger partial charge in [-0.15, -0.1) is 0 Å². The van der Waals surface area contributed by atoms with E-state index in [0.717, 1.165) is 19.0 Å². The lowest BCUT2D eigenvalue weighted by Gasteiger charge is -2.28. The van der Waals surface area contributed by atoms with Crippen molar-refractivity contribution in [2.75, 3.05) is 26.7 Å². The third-order valence-corrected chi connectivity index (χ3v) is 4.07. The van der Waals surface area contributed by atoms with Gasteiger partial charge in [0.1, 0.15) is 0 Å². The van der Waals surface area contributed by atoms with Gasteiger partial charge in [-0.25, -0.2) is 0 Å². The zero-order valence-electron chi connectivity index (χ0n) is 14.2. The minimum atomic E-state index is 0.426. The molecule has 1 N–H and O–H groups in total. The molecule has 20 heavy (non-hydrogen) atoms. The van der Waals surface area contributed by atoms with Crippen LogP contribution in [-0.4, -0.2) is 31.6 Å². The van der Waals surface area contributed by atoms with E-state index >= 15 is 0 Å². The molecule has 0 heterocycles. The van der Waals surface area contributed by atoms with Crippen molar-refractivity contribution in [1.82, 2.24) is 10.2 Å². The topological polar surface area (TPSA) is 15.3 Å². The van der Waals surface area contributed by atoms with Crippen LogP contribution in [0.4, 0.5) is 0 Å². The van der Waals surface area contributed by atoms with E-state index in [0.29, 0.717) is 6.04 Å². The molecule has 114 valence electrons. The maximum absolute atomic E-state index is 3.64. The number of nitrogens with zero attached hydrogens (tertiary/aromatic N) is 1. The Balaban J connectivity index is 2.77. The van der Waals surface area contributed by atoms with E-state index in [1.54, 1.807) is 0 Å². The van der Waals surface area contributed by atoms with Gasteiger partial charge in [0.05, 0.1) is 0 Å². The average Bonchev–Trinajstić information content (AvgIpc) is 2.38. The Morgan fingerprint density at radius 1 is 1.15 bits per heavy atom. The Morgan fingerprint density at radius 2 is 1.85 bits per heavy atom. The summed E-state index contributed by atoms with van der Waals surface area (Å²) in [7, 11) is 2.24. The van der Waals surface area contributed by atoms with Crippen molar-refractivity contribution >= 4 is 0 Å². The molecule has 2 atom stereocenters. The predicted molar refractivity (Wildman–Crippen MR) is 89.3 cm³/mol. The molecular weight excluding hydrogens is 244 g/mol. The van der Waals surface area contributed by atoms with Gasteiger partial charge in [-0.3, -0.25) is 0 Å². The summed E-state index contributed by atoms with van der Waals surface area (Å²) in [4.78, 5) is 2.46. The van der Waals surface area contributed by atoms with Crippen LogP contribution in [0, 0.1) is 19.8 Å². The standard InChI is InChI=1S/C18H32N2/c1-7-14(3)12-20(6)13-18(19-8-2)17-10-9-15(4)11-16(17)5/h9-11,14,18-19H,7-8,12-13H2,1-6H3. The lowest BCUT2D eigenvalue weighted by atomic mass is 9.98. The van der Waals surface area contributed by atoms with Crippen molar-refractivity contribution < 1.29 is 0 Å². The highest BCUT2D eigenvalue weighted by Gasteiger charge is 2.16. The van der Waals surface area contributed by atoms with Crippen LogP contribution in [0.3, 0.4) is 0 Å². The van der Waals surface area contributed by atoms with Crippen molar-refractivity contribution in [1.29, 1.82) is 0 Å². The molecule has 0 aliphatic heterocycles. The molecule has 0 aromatic heterocycles. The molecule has 0 amide bonds. The van der Waals surface area contributed by atoms with Gasteiger partial charge >= 0.3 is 0 Å². The fraction of sp³-hybridized carbons (Fsp3) is 0.667.